The van der Waals surface area contributed by atoms with Gasteiger partial charge in [-0.1, -0.05) is 13.8 Å². The molecule has 1 N–H and O–H groups in total. The van der Waals surface area contributed by atoms with E-state index in [0.717, 1.165) is 24.5 Å². The first-order valence-corrected chi connectivity index (χ1v) is 7.27. The summed E-state index contributed by atoms with van der Waals surface area (Å²) in [5.41, 5.74) is 3.33. The first-order valence-electron chi connectivity index (χ1n) is 7.27. The minimum Gasteiger partial charge on any atom is -0.377 e. The Labute approximate surface area is 121 Å². The molecule has 2 heterocycles. The third-order valence-electron chi connectivity index (χ3n) is 3.20. The molecule has 0 spiro atoms. The molecule has 0 bridgehead atoms. The fraction of sp³-hybridized carbons (Fsp3) is 0.600. The van der Waals surface area contributed by atoms with E-state index in [2.05, 4.69) is 55.5 Å². The smallest absolute Gasteiger partial charge is 0.0825 e. The van der Waals surface area contributed by atoms with E-state index in [1.807, 2.05) is 22.5 Å². The van der Waals surface area contributed by atoms with Gasteiger partial charge in [-0.25, -0.2) is 0 Å². The van der Waals surface area contributed by atoms with Crippen LogP contribution in [0.1, 0.15) is 45.1 Å². The van der Waals surface area contributed by atoms with E-state index < -0.39 is 0 Å². The van der Waals surface area contributed by atoms with Crippen LogP contribution in [0.2, 0.25) is 0 Å². The summed E-state index contributed by atoms with van der Waals surface area (Å²) >= 11 is 0. The molecule has 0 aliphatic rings. The van der Waals surface area contributed by atoms with Crippen LogP contribution in [0.5, 0.6) is 0 Å². The summed E-state index contributed by atoms with van der Waals surface area (Å²) in [6, 6.07) is 2.44. The molecule has 0 saturated carbocycles. The molecular formula is C15H25N5. The molecule has 0 saturated heterocycles. The van der Waals surface area contributed by atoms with E-state index in [-0.39, 0.29) is 0 Å². The Bertz CT molecular complexity index is 550. The fourth-order valence-electron chi connectivity index (χ4n) is 2.29. The Kier molecular flexibility index (Phi) is 4.47. The number of anilines is 1. The Hall–Kier alpha value is -1.78. The molecule has 0 aliphatic carbocycles. The molecule has 0 aliphatic heterocycles. The Morgan fingerprint density at radius 2 is 2.00 bits per heavy atom. The second-order valence-corrected chi connectivity index (χ2v) is 5.96. The molecule has 20 heavy (non-hydrogen) atoms. The van der Waals surface area contributed by atoms with E-state index in [0.29, 0.717) is 12.0 Å². The van der Waals surface area contributed by atoms with Gasteiger partial charge in [0.15, 0.2) is 0 Å². The zero-order chi connectivity index (χ0) is 14.7. The van der Waals surface area contributed by atoms with Gasteiger partial charge in [0.1, 0.15) is 0 Å². The Morgan fingerprint density at radius 1 is 1.25 bits per heavy atom. The van der Waals surface area contributed by atoms with E-state index in [9.17, 15) is 0 Å². The molecule has 0 fully saturated rings. The largest absolute Gasteiger partial charge is 0.377 e. The summed E-state index contributed by atoms with van der Waals surface area (Å²) in [6.07, 6.45) is 3.94. The molecule has 5 nitrogen and oxygen atoms in total. The number of aromatic nitrogens is 4. The molecule has 0 radical (unpaired) electrons. The average molecular weight is 275 g/mol. The maximum Gasteiger partial charge on any atom is 0.0825 e. The van der Waals surface area contributed by atoms with Crippen molar-refractivity contribution < 1.29 is 0 Å². The molecule has 2 rings (SSSR count). The molecule has 2 aromatic heterocycles. The first-order chi connectivity index (χ1) is 9.47. The van der Waals surface area contributed by atoms with Crippen molar-refractivity contribution in [2.45, 2.75) is 53.8 Å². The molecule has 0 amide bonds. The van der Waals surface area contributed by atoms with Crippen molar-refractivity contribution in [1.29, 1.82) is 0 Å². The van der Waals surface area contributed by atoms with Gasteiger partial charge in [0.05, 0.1) is 23.6 Å². The molecular weight excluding hydrogens is 250 g/mol. The van der Waals surface area contributed by atoms with Crippen LogP contribution in [-0.2, 0) is 13.1 Å². The van der Waals surface area contributed by atoms with Crippen LogP contribution in [0.4, 0.5) is 5.69 Å². The van der Waals surface area contributed by atoms with Crippen molar-refractivity contribution in [1.82, 2.24) is 19.6 Å². The van der Waals surface area contributed by atoms with Gasteiger partial charge in [0, 0.05) is 25.0 Å². The van der Waals surface area contributed by atoms with Crippen molar-refractivity contribution in [3.8, 4) is 0 Å². The van der Waals surface area contributed by atoms with Crippen molar-refractivity contribution in [2.75, 3.05) is 5.32 Å². The lowest BCUT2D eigenvalue weighted by atomic mass is 10.2. The fourth-order valence-corrected chi connectivity index (χ4v) is 2.29. The number of nitrogens with zero attached hydrogens (tertiary/aromatic N) is 4. The maximum atomic E-state index is 4.54. The van der Waals surface area contributed by atoms with Crippen LogP contribution in [0.15, 0.2) is 18.5 Å². The second kappa shape index (κ2) is 6.11. The molecule has 0 atom stereocenters. The number of nitrogens with one attached hydrogen (secondary N) is 1. The molecule has 110 valence electrons. The zero-order valence-electron chi connectivity index (χ0n) is 13.1. The van der Waals surface area contributed by atoms with E-state index in [4.69, 9.17) is 0 Å². The van der Waals surface area contributed by atoms with Gasteiger partial charge in [-0.3, -0.25) is 9.36 Å². The predicted octanol–water partition coefficient (Wildman–Crippen LogP) is 3.24. The molecule has 0 unspecified atom stereocenters. The summed E-state index contributed by atoms with van der Waals surface area (Å²) in [4.78, 5) is 0. The van der Waals surface area contributed by atoms with Crippen molar-refractivity contribution in [2.24, 2.45) is 5.92 Å². The number of hydrogen-bond acceptors (Lipinski definition) is 3. The highest BCUT2D eigenvalue weighted by Crippen LogP contribution is 2.16. The minimum absolute atomic E-state index is 0.381. The normalized spacial score (nSPS) is 11.6. The average Bonchev–Trinajstić information content (AvgIpc) is 2.92. The topological polar surface area (TPSA) is 47.7 Å². The molecule has 2 aromatic rings. The van der Waals surface area contributed by atoms with Gasteiger partial charge in [-0.05, 0) is 32.8 Å². The van der Waals surface area contributed by atoms with Crippen LogP contribution in [0.25, 0.3) is 0 Å². The van der Waals surface area contributed by atoms with Gasteiger partial charge in [0.25, 0.3) is 0 Å². The van der Waals surface area contributed by atoms with Crippen LogP contribution in [0, 0.1) is 12.8 Å². The summed E-state index contributed by atoms with van der Waals surface area (Å²) in [5.74, 6) is 0.601. The quantitative estimate of drug-likeness (QED) is 0.880. The highest BCUT2D eigenvalue weighted by molar-refractivity contribution is 5.45. The summed E-state index contributed by atoms with van der Waals surface area (Å²) < 4.78 is 4.06. The van der Waals surface area contributed by atoms with Crippen LogP contribution < -0.4 is 5.32 Å². The number of hydrogen-bond donors (Lipinski definition) is 1. The lowest BCUT2D eigenvalue weighted by Gasteiger charge is -2.11. The highest BCUT2D eigenvalue weighted by Gasteiger charge is 2.09. The lowest BCUT2D eigenvalue weighted by molar-refractivity contribution is 0.481. The maximum absolute atomic E-state index is 4.54. The van der Waals surface area contributed by atoms with Crippen molar-refractivity contribution >= 4 is 5.69 Å². The second-order valence-electron chi connectivity index (χ2n) is 5.96. The van der Waals surface area contributed by atoms with E-state index in [1.165, 1.54) is 5.69 Å². The summed E-state index contributed by atoms with van der Waals surface area (Å²) in [5, 5.41) is 12.4. The monoisotopic (exact) mass is 275 g/mol. The van der Waals surface area contributed by atoms with Crippen molar-refractivity contribution in [3.63, 3.8) is 0 Å². The van der Waals surface area contributed by atoms with Gasteiger partial charge < -0.3 is 5.32 Å². The third-order valence-corrected chi connectivity index (χ3v) is 3.20. The van der Waals surface area contributed by atoms with Crippen LogP contribution in [-0.4, -0.2) is 19.6 Å². The van der Waals surface area contributed by atoms with Gasteiger partial charge >= 0.3 is 0 Å². The van der Waals surface area contributed by atoms with Gasteiger partial charge in [-0.15, -0.1) is 0 Å². The predicted molar refractivity (Wildman–Crippen MR) is 81.7 cm³/mol. The highest BCUT2D eigenvalue weighted by atomic mass is 15.3. The minimum atomic E-state index is 0.381. The van der Waals surface area contributed by atoms with Crippen molar-refractivity contribution in [3.05, 3.63) is 29.8 Å². The molecule has 0 aromatic carbocycles. The SMILES string of the molecule is Cc1nn(CC(C)C)cc1NCc1ccnn1C(C)C. The summed E-state index contributed by atoms with van der Waals surface area (Å²) in [7, 11) is 0. The van der Waals surface area contributed by atoms with Gasteiger partial charge in [0.2, 0.25) is 0 Å². The van der Waals surface area contributed by atoms with E-state index in [1.54, 1.807) is 0 Å². The van der Waals surface area contributed by atoms with Gasteiger partial charge in [-0.2, -0.15) is 10.2 Å². The van der Waals surface area contributed by atoms with Crippen LogP contribution in [0.3, 0.4) is 0 Å². The third kappa shape index (κ3) is 3.40. The Morgan fingerprint density at radius 3 is 2.65 bits per heavy atom. The van der Waals surface area contributed by atoms with E-state index >= 15 is 0 Å². The molecule has 5 heteroatoms. The Balaban J connectivity index is 2.03. The first kappa shape index (κ1) is 14.6. The van der Waals surface area contributed by atoms with Crippen LogP contribution >= 0.6 is 0 Å². The lowest BCUT2D eigenvalue weighted by Crippen LogP contribution is -2.11. The standard InChI is InChI=1S/C15H25N5/c1-11(2)9-19-10-15(13(5)18-19)16-8-14-6-7-17-20(14)12(3)4/h6-7,10-12,16H,8-9H2,1-5H3. The number of aryl methyl sites for hydroxylation is 1. The number of rotatable bonds is 6. The zero-order valence-corrected chi connectivity index (χ0v) is 13.1. The summed E-state index contributed by atoms with van der Waals surface area (Å²) in [6.45, 7) is 12.4.